The molecule has 3 aromatic carbocycles. The number of carbonyl (C=O) groups excluding carboxylic acids is 2. The number of hydrogen-bond acceptors (Lipinski definition) is 3. The van der Waals surface area contributed by atoms with Crippen LogP contribution >= 0.6 is 15.9 Å². The van der Waals surface area contributed by atoms with Crippen LogP contribution in [-0.2, 0) is 4.79 Å². The maximum absolute atomic E-state index is 12.8. The lowest BCUT2D eigenvalue weighted by atomic mass is 10.0. The second-order valence-corrected chi connectivity index (χ2v) is 8.69. The number of carbonyl (C=O) groups is 2. The molecule has 166 valence electrons. The molecule has 0 fully saturated rings. The Morgan fingerprint density at radius 2 is 1.59 bits per heavy atom. The largest absolute Gasteiger partial charge is 0.483 e. The maximum atomic E-state index is 12.8. The molecular formula is C26H27BrN2O3. The van der Waals surface area contributed by atoms with Gasteiger partial charge in [0, 0.05) is 0 Å². The smallest absolute Gasteiger partial charge is 0.262 e. The van der Waals surface area contributed by atoms with Crippen LogP contribution in [0.15, 0.2) is 77.3 Å². The average molecular weight is 495 g/mol. The Kier molecular flexibility index (Phi) is 8.06. The van der Waals surface area contributed by atoms with Crippen molar-refractivity contribution < 1.29 is 14.3 Å². The van der Waals surface area contributed by atoms with Crippen molar-refractivity contribution in [3.63, 3.8) is 0 Å². The first-order chi connectivity index (χ1) is 15.3. The molecule has 0 aliphatic carbocycles. The van der Waals surface area contributed by atoms with Crippen molar-refractivity contribution in [2.75, 3.05) is 11.9 Å². The van der Waals surface area contributed by atoms with Gasteiger partial charge in [-0.3, -0.25) is 9.59 Å². The minimum absolute atomic E-state index is 0.165. The van der Waals surface area contributed by atoms with Crippen molar-refractivity contribution in [2.24, 2.45) is 0 Å². The van der Waals surface area contributed by atoms with Gasteiger partial charge >= 0.3 is 0 Å². The molecular weight excluding hydrogens is 468 g/mol. The van der Waals surface area contributed by atoms with Crippen LogP contribution in [0.25, 0.3) is 0 Å². The minimum atomic E-state index is -0.346. The van der Waals surface area contributed by atoms with E-state index in [1.807, 2.05) is 55.5 Å². The van der Waals surface area contributed by atoms with Gasteiger partial charge < -0.3 is 15.4 Å². The van der Waals surface area contributed by atoms with Crippen molar-refractivity contribution >= 4 is 33.4 Å². The lowest BCUT2D eigenvalue weighted by Gasteiger charge is -2.16. The van der Waals surface area contributed by atoms with Crippen LogP contribution in [0.3, 0.4) is 0 Å². The number of benzene rings is 3. The lowest BCUT2D eigenvalue weighted by molar-refractivity contribution is -0.118. The van der Waals surface area contributed by atoms with E-state index in [4.69, 9.17) is 4.74 Å². The Balaban J connectivity index is 1.63. The minimum Gasteiger partial charge on any atom is -0.483 e. The molecule has 0 aliphatic heterocycles. The topological polar surface area (TPSA) is 67.4 Å². The van der Waals surface area contributed by atoms with Crippen molar-refractivity contribution in [3.05, 3.63) is 94.0 Å². The normalized spacial score (nSPS) is 11.7. The Labute approximate surface area is 197 Å². The maximum Gasteiger partial charge on any atom is 0.262 e. The Morgan fingerprint density at radius 1 is 0.906 bits per heavy atom. The standard InChI is InChI=1S/C26H27BrN2O3/c1-17(2)20-13-14-24(22(27)15-20)32-16-25(30)29-23-12-8-7-11-21(23)26(31)28-18(3)19-9-5-4-6-10-19/h4-15,17-18H,16H2,1-3H3,(H,28,31)(H,29,30)/t18-/m0/s1. The Hall–Kier alpha value is -3.12. The highest BCUT2D eigenvalue weighted by atomic mass is 79.9. The summed E-state index contributed by atoms with van der Waals surface area (Å²) in [5.74, 6) is 0.384. The van der Waals surface area contributed by atoms with E-state index in [0.717, 1.165) is 10.0 Å². The Bertz CT molecular complexity index is 1080. The fraction of sp³-hybridized carbons (Fsp3) is 0.231. The van der Waals surface area contributed by atoms with E-state index in [2.05, 4.69) is 40.4 Å². The molecule has 0 heterocycles. The van der Waals surface area contributed by atoms with Crippen molar-refractivity contribution in [1.29, 1.82) is 0 Å². The van der Waals surface area contributed by atoms with Gasteiger partial charge in [-0.05, 0) is 64.2 Å². The van der Waals surface area contributed by atoms with Crippen LogP contribution in [0.1, 0.15) is 54.2 Å². The quantitative estimate of drug-likeness (QED) is 0.398. The summed E-state index contributed by atoms with van der Waals surface area (Å²) in [6, 6.07) is 22.3. The van der Waals surface area contributed by atoms with Crippen molar-refractivity contribution in [1.82, 2.24) is 5.32 Å². The predicted octanol–water partition coefficient (Wildman–Crippen LogP) is 6.08. The summed E-state index contributed by atoms with van der Waals surface area (Å²) >= 11 is 3.50. The number of amides is 2. The summed E-state index contributed by atoms with van der Waals surface area (Å²) in [7, 11) is 0. The number of nitrogens with one attached hydrogen (secondary N) is 2. The fourth-order valence-electron chi connectivity index (χ4n) is 3.21. The molecule has 0 radical (unpaired) electrons. The summed E-state index contributed by atoms with van der Waals surface area (Å²) in [6.45, 7) is 5.98. The number of anilines is 1. The summed E-state index contributed by atoms with van der Waals surface area (Å²) in [6.07, 6.45) is 0. The molecule has 2 amide bonds. The van der Waals surface area contributed by atoms with E-state index < -0.39 is 0 Å². The summed E-state index contributed by atoms with van der Waals surface area (Å²) in [5, 5.41) is 5.76. The highest BCUT2D eigenvalue weighted by Gasteiger charge is 2.16. The summed E-state index contributed by atoms with van der Waals surface area (Å²) < 4.78 is 6.47. The van der Waals surface area contributed by atoms with Gasteiger partial charge in [-0.1, -0.05) is 62.4 Å². The fourth-order valence-corrected chi connectivity index (χ4v) is 3.72. The zero-order chi connectivity index (χ0) is 23.1. The lowest BCUT2D eigenvalue weighted by Crippen LogP contribution is -2.28. The van der Waals surface area contributed by atoms with Gasteiger partial charge in [0.15, 0.2) is 6.61 Å². The third-order valence-corrected chi connectivity index (χ3v) is 5.69. The summed E-state index contributed by atoms with van der Waals surface area (Å²) in [5.41, 5.74) is 3.02. The molecule has 0 aromatic heterocycles. The third kappa shape index (κ3) is 6.20. The molecule has 2 N–H and O–H groups in total. The number of hydrogen-bond donors (Lipinski definition) is 2. The molecule has 3 aromatic rings. The van der Waals surface area contributed by atoms with Gasteiger partial charge in [0.2, 0.25) is 0 Å². The molecule has 0 saturated carbocycles. The zero-order valence-corrected chi connectivity index (χ0v) is 20.0. The molecule has 0 aliphatic rings. The zero-order valence-electron chi connectivity index (χ0n) is 18.4. The molecule has 0 unspecified atom stereocenters. The molecule has 1 atom stereocenters. The van der Waals surface area contributed by atoms with Crippen LogP contribution in [0.4, 0.5) is 5.69 Å². The number of rotatable bonds is 8. The molecule has 0 saturated heterocycles. The monoisotopic (exact) mass is 494 g/mol. The van der Waals surface area contributed by atoms with E-state index in [-0.39, 0.29) is 24.5 Å². The van der Waals surface area contributed by atoms with Gasteiger partial charge in [-0.15, -0.1) is 0 Å². The average Bonchev–Trinajstić information content (AvgIpc) is 2.79. The number of ether oxygens (including phenoxy) is 1. The van der Waals surface area contributed by atoms with E-state index in [0.29, 0.717) is 22.9 Å². The van der Waals surface area contributed by atoms with Gasteiger partial charge in [0.1, 0.15) is 5.75 Å². The van der Waals surface area contributed by atoms with Crippen LogP contribution in [0.5, 0.6) is 5.75 Å². The first kappa shape index (κ1) is 23.5. The van der Waals surface area contributed by atoms with Crippen LogP contribution in [-0.4, -0.2) is 18.4 Å². The number of halogens is 1. The highest BCUT2D eigenvalue weighted by molar-refractivity contribution is 9.10. The third-order valence-electron chi connectivity index (χ3n) is 5.07. The van der Waals surface area contributed by atoms with Gasteiger partial charge in [0.05, 0.1) is 21.8 Å². The van der Waals surface area contributed by atoms with E-state index in [9.17, 15) is 9.59 Å². The van der Waals surface area contributed by atoms with E-state index >= 15 is 0 Å². The molecule has 0 spiro atoms. The Morgan fingerprint density at radius 3 is 2.28 bits per heavy atom. The first-order valence-electron chi connectivity index (χ1n) is 10.5. The number of para-hydroxylation sites is 1. The van der Waals surface area contributed by atoms with Crippen molar-refractivity contribution in [2.45, 2.75) is 32.7 Å². The predicted molar refractivity (Wildman–Crippen MR) is 131 cm³/mol. The second-order valence-electron chi connectivity index (χ2n) is 7.83. The van der Waals surface area contributed by atoms with Gasteiger partial charge in [0.25, 0.3) is 11.8 Å². The molecule has 6 heteroatoms. The van der Waals surface area contributed by atoms with Crippen LogP contribution in [0, 0.1) is 0 Å². The van der Waals surface area contributed by atoms with Gasteiger partial charge in [-0.25, -0.2) is 0 Å². The highest BCUT2D eigenvalue weighted by Crippen LogP contribution is 2.29. The molecule has 3 rings (SSSR count). The van der Waals surface area contributed by atoms with Crippen LogP contribution < -0.4 is 15.4 Å². The van der Waals surface area contributed by atoms with Crippen molar-refractivity contribution in [3.8, 4) is 5.75 Å². The second kappa shape index (κ2) is 11.0. The van der Waals surface area contributed by atoms with E-state index in [1.165, 1.54) is 5.56 Å². The van der Waals surface area contributed by atoms with Crippen LogP contribution in [0.2, 0.25) is 0 Å². The molecule has 5 nitrogen and oxygen atoms in total. The molecule has 32 heavy (non-hydrogen) atoms. The first-order valence-corrected chi connectivity index (χ1v) is 11.3. The molecule has 0 bridgehead atoms. The SMILES string of the molecule is CC(C)c1ccc(OCC(=O)Nc2ccccc2C(=O)N[C@@H](C)c2ccccc2)c(Br)c1. The van der Waals surface area contributed by atoms with Gasteiger partial charge in [-0.2, -0.15) is 0 Å². The van der Waals surface area contributed by atoms with E-state index in [1.54, 1.807) is 24.3 Å². The summed E-state index contributed by atoms with van der Waals surface area (Å²) in [4.78, 5) is 25.3.